The maximum absolute atomic E-state index is 12.6. The highest BCUT2D eigenvalue weighted by Gasteiger charge is 2.10. The Morgan fingerprint density at radius 1 is 1.05 bits per heavy atom. The molecule has 0 unspecified atom stereocenters. The minimum absolute atomic E-state index is 0.129. The van der Waals surface area contributed by atoms with Crippen molar-refractivity contribution in [1.29, 1.82) is 0 Å². The first-order chi connectivity index (χ1) is 10.2. The predicted molar refractivity (Wildman–Crippen MR) is 80.0 cm³/mol. The van der Waals surface area contributed by atoms with Crippen LogP contribution in [-0.4, -0.2) is 23.6 Å². The van der Waals surface area contributed by atoms with E-state index in [0.29, 0.717) is 28.3 Å². The zero-order valence-corrected chi connectivity index (χ0v) is 11.7. The standard InChI is InChI=1S/C16H14N2O3/c1-20-12-7-11(8-13(9-12)21-2)14-10-17-15-5-3-4-6-18(15)16(14)19/h3-10H,1-2H3. The molecule has 0 radical (unpaired) electrons. The fraction of sp³-hybridized carbons (Fsp3) is 0.125. The lowest BCUT2D eigenvalue weighted by Gasteiger charge is -2.09. The molecule has 3 rings (SSSR count). The number of methoxy groups -OCH3 is 2. The Morgan fingerprint density at radius 3 is 2.43 bits per heavy atom. The van der Waals surface area contributed by atoms with Crippen molar-refractivity contribution in [3.63, 3.8) is 0 Å². The summed E-state index contributed by atoms with van der Waals surface area (Å²) in [4.78, 5) is 16.9. The topological polar surface area (TPSA) is 52.8 Å². The summed E-state index contributed by atoms with van der Waals surface area (Å²) in [5.41, 5.74) is 1.69. The van der Waals surface area contributed by atoms with Gasteiger partial charge in [0.25, 0.3) is 5.56 Å². The van der Waals surface area contributed by atoms with E-state index < -0.39 is 0 Å². The monoisotopic (exact) mass is 282 g/mol. The highest BCUT2D eigenvalue weighted by molar-refractivity contribution is 5.66. The minimum Gasteiger partial charge on any atom is -0.497 e. The van der Waals surface area contributed by atoms with Crippen LogP contribution in [0.3, 0.4) is 0 Å². The van der Waals surface area contributed by atoms with Gasteiger partial charge < -0.3 is 9.47 Å². The molecular weight excluding hydrogens is 268 g/mol. The molecule has 0 aliphatic carbocycles. The second-order valence-electron chi connectivity index (χ2n) is 4.51. The molecule has 106 valence electrons. The van der Waals surface area contributed by atoms with Gasteiger partial charge in [0.15, 0.2) is 0 Å². The fourth-order valence-electron chi connectivity index (χ4n) is 2.19. The molecule has 0 fully saturated rings. The van der Waals surface area contributed by atoms with Crippen LogP contribution in [-0.2, 0) is 0 Å². The van der Waals surface area contributed by atoms with Gasteiger partial charge in [-0.05, 0) is 29.8 Å². The molecule has 3 aromatic rings. The molecule has 0 saturated carbocycles. The molecule has 0 spiro atoms. The van der Waals surface area contributed by atoms with E-state index in [-0.39, 0.29) is 5.56 Å². The third-order valence-corrected chi connectivity index (χ3v) is 3.28. The molecule has 0 aliphatic rings. The second-order valence-corrected chi connectivity index (χ2v) is 4.51. The third-order valence-electron chi connectivity index (χ3n) is 3.28. The van der Waals surface area contributed by atoms with E-state index >= 15 is 0 Å². The number of nitrogens with zero attached hydrogens (tertiary/aromatic N) is 2. The van der Waals surface area contributed by atoms with Crippen molar-refractivity contribution >= 4 is 5.65 Å². The van der Waals surface area contributed by atoms with Crippen molar-refractivity contribution in [2.75, 3.05) is 14.2 Å². The first kappa shape index (κ1) is 13.2. The number of pyridine rings is 1. The maximum Gasteiger partial charge on any atom is 0.265 e. The molecule has 21 heavy (non-hydrogen) atoms. The van der Waals surface area contributed by atoms with E-state index in [0.717, 1.165) is 0 Å². The Bertz CT molecular complexity index is 833. The SMILES string of the molecule is COc1cc(OC)cc(-c2cnc3ccccn3c2=O)c1. The number of aromatic nitrogens is 2. The zero-order chi connectivity index (χ0) is 14.8. The highest BCUT2D eigenvalue weighted by Crippen LogP contribution is 2.27. The molecule has 0 atom stereocenters. The summed E-state index contributed by atoms with van der Waals surface area (Å²) < 4.78 is 12.0. The summed E-state index contributed by atoms with van der Waals surface area (Å²) in [7, 11) is 3.15. The molecule has 2 heterocycles. The molecule has 0 bridgehead atoms. The number of benzene rings is 1. The Hall–Kier alpha value is -2.82. The van der Waals surface area contributed by atoms with E-state index in [2.05, 4.69) is 4.98 Å². The number of rotatable bonds is 3. The molecule has 5 nitrogen and oxygen atoms in total. The van der Waals surface area contributed by atoms with Crippen LogP contribution in [0.25, 0.3) is 16.8 Å². The van der Waals surface area contributed by atoms with E-state index in [1.807, 2.05) is 6.07 Å². The van der Waals surface area contributed by atoms with E-state index in [1.165, 1.54) is 4.40 Å². The number of hydrogen-bond acceptors (Lipinski definition) is 4. The van der Waals surface area contributed by atoms with Gasteiger partial charge >= 0.3 is 0 Å². The van der Waals surface area contributed by atoms with Crippen LogP contribution in [0.1, 0.15) is 0 Å². The lowest BCUT2D eigenvalue weighted by Crippen LogP contribution is -2.16. The van der Waals surface area contributed by atoms with Crippen LogP contribution < -0.4 is 15.0 Å². The van der Waals surface area contributed by atoms with Crippen molar-refractivity contribution in [3.8, 4) is 22.6 Å². The summed E-state index contributed by atoms with van der Waals surface area (Å²) in [5, 5.41) is 0. The normalized spacial score (nSPS) is 10.6. The van der Waals surface area contributed by atoms with Gasteiger partial charge in [-0.15, -0.1) is 0 Å². The van der Waals surface area contributed by atoms with Gasteiger partial charge in [0, 0.05) is 18.5 Å². The quantitative estimate of drug-likeness (QED) is 0.740. The summed E-state index contributed by atoms with van der Waals surface area (Å²) in [5.74, 6) is 1.25. The Morgan fingerprint density at radius 2 is 1.76 bits per heavy atom. The Labute approximate surface area is 121 Å². The van der Waals surface area contributed by atoms with E-state index in [1.54, 1.807) is 56.9 Å². The largest absolute Gasteiger partial charge is 0.497 e. The van der Waals surface area contributed by atoms with Crippen LogP contribution in [0, 0.1) is 0 Å². The van der Waals surface area contributed by atoms with Crippen molar-refractivity contribution in [1.82, 2.24) is 9.38 Å². The maximum atomic E-state index is 12.6. The van der Waals surface area contributed by atoms with E-state index in [9.17, 15) is 4.79 Å². The first-order valence-electron chi connectivity index (χ1n) is 6.43. The van der Waals surface area contributed by atoms with Crippen LogP contribution in [0.4, 0.5) is 0 Å². The fourth-order valence-corrected chi connectivity index (χ4v) is 2.19. The van der Waals surface area contributed by atoms with Crippen LogP contribution >= 0.6 is 0 Å². The van der Waals surface area contributed by atoms with Gasteiger partial charge in [0.1, 0.15) is 17.1 Å². The molecule has 0 N–H and O–H groups in total. The van der Waals surface area contributed by atoms with Crippen molar-refractivity contribution in [2.45, 2.75) is 0 Å². The molecule has 0 aliphatic heterocycles. The average molecular weight is 282 g/mol. The second kappa shape index (κ2) is 5.28. The molecule has 0 saturated heterocycles. The van der Waals surface area contributed by atoms with Crippen molar-refractivity contribution in [2.24, 2.45) is 0 Å². The summed E-state index contributed by atoms with van der Waals surface area (Å²) in [6.45, 7) is 0. The summed E-state index contributed by atoms with van der Waals surface area (Å²) in [6, 6.07) is 10.8. The summed E-state index contributed by atoms with van der Waals surface area (Å²) in [6.07, 6.45) is 3.28. The van der Waals surface area contributed by atoms with Gasteiger partial charge in [-0.25, -0.2) is 4.98 Å². The van der Waals surface area contributed by atoms with Crippen LogP contribution in [0.2, 0.25) is 0 Å². The van der Waals surface area contributed by atoms with Crippen molar-refractivity contribution in [3.05, 3.63) is 59.1 Å². The highest BCUT2D eigenvalue weighted by atomic mass is 16.5. The van der Waals surface area contributed by atoms with E-state index in [4.69, 9.17) is 9.47 Å². The zero-order valence-electron chi connectivity index (χ0n) is 11.7. The smallest absolute Gasteiger partial charge is 0.265 e. The van der Waals surface area contributed by atoms with Gasteiger partial charge in [-0.2, -0.15) is 0 Å². The minimum atomic E-state index is -0.129. The molecule has 5 heteroatoms. The van der Waals surface area contributed by atoms with Crippen molar-refractivity contribution < 1.29 is 9.47 Å². The molecular formula is C16H14N2O3. The van der Waals surface area contributed by atoms with Gasteiger partial charge in [-0.3, -0.25) is 9.20 Å². The Kier molecular flexibility index (Phi) is 3.31. The summed E-state index contributed by atoms with van der Waals surface area (Å²) >= 11 is 0. The predicted octanol–water partition coefficient (Wildman–Crippen LogP) is 2.38. The number of hydrogen-bond donors (Lipinski definition) is 0. The number of fused-ring (bicyclic) bond motifs is 1. The van der Waals surface area contributed by atoms with Gasteiger partial charge in [0.05, 0.1) is 19.8 Å². The van der Waals surface area contributed by atoms with Crippen LogP contribution in [0.5, 0.6) is 11.5 Å². The molecule has 2 aromatic heterocycles. The lowest BCUT2D eigenvalue weighted by molar-refractivity contribution is 0.394. The molecule has 0 amide bonds. The van der Waals surface area contributed by atoms with Crippen LogP contribution in [0.15, 0.2) is 53.6 Å². The van der Waals surface area contributed by atoms with Gasteiger partial charge in [-0.1, -0.05) is 6.07 Å². The first-order valence-corrected chi connectivity index (χ1v) is 6.43. The number of ether oxygens (including phenoxy) is 2. The molecule has 1 aromatic carbocycles. The third kappa shape index (κ3) is 2.33. The average Bonchev–Trinajstić information content (AvgIpc) is 2.55. The van der Waals surface area contributed by atoms with Gasteiger partial charge in [0.2, 0.25) is 0 Å². The Balaban J connectivity index is 2.25. The lowest BCUT2D eigenvalue weighted by atomic mass is 10.1.